The Kier molecular flexibility index (Phi) is 4.95. The second kappa shape index (κ2) is 7.09. The van der Waals surface area contributed by atoms with E-state index in [4.69, 9.17) is 4.42 Å². The summed E-state index contributed by atoms with van der Waals surface area (Å²) in [7, 11) is 4.99. The Morgan fingerprint density at radius 1 is 1.14 bits per heavy atom. The number of nitro groups is 1. The standard InChI is InChI=1S/C21H22N2O5/c1-23(2,3)21(20(24)25,17-11-7-10-16-12-13-28-19(16)17)18(22(26)27)14-15-8-5-4-6-9-15/h4-13,18H,14H2,1-3H3/p+1. The molecular weight excluding hydrogens is 360 g/mol. The van der Waals surface area contributed by atoms with Gasteiger partial charge in [0, 0.05) is 16.7 Å². The highest BCUT2D eigenvalue weighted by atomic mass is 16.6. The molecule has 7 nitrogen and oxygen atoms in total. The second-order valence-corrected chi connectivity index (χ2v) is 7.72. The van der Waals surface area contributed by atoms with Crippen LogP contribution in [-0.2, 0) is 16.8 Å². The molecule has 28 heavy (non-hydrogen) atoms. The molecule has 0 aliphatic carbocycles. The van der Waals surface area contributed by atoms with Crippen molar-refractivity contribution in [1.29, 1.82) is 0 Å². The van der Waals surface area contributed by atoms with Gasteiger partial charge in [-0.05, 0) is 17.7 Å². The van der Waals surface area contributed by atoms with E-state index >= 15 is 0 Å². The fourth-order valence-electron chi connectivity index (χ4n) is 4.04. The predicted molar refractivity (Wildman–Crippen MR) is 104 cm³/mol. The third kappa shape index (κ3) is 3.03. The summed E-state index contributed by atoms with van der Waals surface area (Å²) in [5.41, 5.74) is -0.503. The summed E-state index contributed by atoms with van der Waals surface area (Å²) in [6.45, 7) is 0. The van der Waals surface area contributed by atoms with Gasteiger partial charge < -0.3 is 14.0 Å². The first-order valence-corrected chi connectivity index (χ1v) is 8.88. The number of carbonyl (C=O) groups is 1. The lowest BCUT2D eigenvalue weighted by Gasteiger charge is -2.43. The van der Waals surface area contributed by atoms with Crippen molar-refractivity contribution in [1.82, 2.24) is 0 Å². The Balaban J connectivity index is 2.33. The van der Waals surface area contributed by atoms with Gasteiger partial charge in [-0.25, -0.2) is 4.79 Å². The summed E-state index contributed by atoms with van der Waals surface area (Å²) < 4.78 is 5.40. The van der Waals surface area contributed by atoms with Crippen LogP contribution in [0.1, 0.15) is 11.1 Å². The van der Waals surface area contributed by atoms with E-state index in [2.05, 4.69) is 0 Å². The van der Waals surface area contributed by atoms with Crippen LogP contribution in [0.4, 0.5) is 0 Å². The average Bonchev–Trinajstić information content (AvgIpc) is 3.10. The summed E-state index contributed by atoms with van der Waals surface area (Å²) in [6, 6.07) is 14.4. The van der Waals surface area contributed by atoms with Gasteiger partial charge in [0.1, 0.15) is 5.58 Å². The van der Waals surface area contributed by atoms with Gasteiger partial charge in [-0.3, -0.25) is 10.1 Å². The van der Waals surface area contributed by atoms with E-state index in [1.165, 1.54) is 6.26 Å². The molecule has 0 fully saturated rings. The number of quaternary nitrogens is 1. The molecule has 1 N–H and O–H groups in total. The average molecular weight is 383 g/mol. The largest absolute Gasteiger partial charge is 0.476 e. The highest BCUT2D eigenvalue weighted by molar-refractivity contribution is 5.89. The quantitative estimate of drug-likeness (QED) is 0.384. The zero-order valence-corrected chi connectivity index (χ0v) is 16.0. The Morgan fingerprint density at radius 2 is 1.82 bits per heavy atom. The van der Waals surface area contributed by atoms with Crippen LogP contribution in [0.3, 0.4) is 0 Å². The molecule has 3 aromatic rings. The lowest BCUT2D eigenvalue weighted by Crippen LogP contribution is -2.67. The molecule has 0 bridgehead atoms. The molecule has 1 aromatic heterocycles. The summed E-state index contributed by atoms with van der Waals surface area (Å²) >= 11 is 0. The topological polar surface area (TPSA) is 93.6 Å². The van der Waals surface area contributed by atoms with Crippen LogP contribution in [0.25, 0.3) is 11.0 Å². The van der Waals surface area contributed by atoms with E-state index in [1.807, 2.05) is 6.07 Å². The van der Waals surface area contributed by atoms with Crippen LogP contribution < -0.4 is 0 Å². The zero-order valence-electron chi connectivity index (χ0n) is 16.0. The van der Waals surface area contributed by atoms with Crippen molar-refractivity contribution in [2.75, 3.05) is 21.1 Å². The Bertz CT molecular complexity index is 1010. The van der Waals surface area contributed by atoms with E-state index in [9.17, 15) is 20.0 Å². The maximum Gasteiger partial charge on any atom is 0.378 e. The maximum atomic E-state index is 12.8. The van der Waals surface area contributed by atoms with E-state index in [0.717, 1.165) is 0 Å². The van der Waals surface area contributed by atoms with Gasteiger partial charge in [0.25, 0.3) is 11.6 Å². The molecule has 0 saturated carbocycles. The number of rotatable bonds is 7. The third-order valence-electron chi connectivity index (χ3n) is 5.28. The van der Waals surface area contributed by atoms with Crippen molar-refractivity contribution >= 4 is 16.9 Å². The summed E-state index contributed by atoms with van der Waals surface area (Å²) in [6.07, 6.45) is 1.45. The molecule has 0 spiro atoms. The molecule has 146 valence electrons. The number of hydrogen-bond donors (Lipinski definition) is 1. The van der Waals surface area contributed by atoms with Gasteiger partial charge in [0.2, 0.25) is 0 Å². The fraction of sp³-hybridized carbons (Fsp3) is 0.286. The molecular formula is C21H23N2O5+. The lowest BCUT2D eigenvalue weighted by atomic mass is 9.77. The molecule has 7 heteroatoms. The van der Waals surface area contributed by atoms with Gasteiger partial charge in [0.05, 0.1) is 33.0 Å². The maximum absolute atomic E-state index is 12.8. The van der Waals surface area contributed by atoms with Crippen molar-refractivity contribution in [3.8, 4) is 0 Å². The molecule has 2 unspecified atom stereocenters. The number of benzene rings is 2. The molecule has 2 aromatic carbocycles. The first kappa shape index (κ1) is 19.6. The van der Waals surface area contributed by atoms with Crippen molar-refractivity contribution in [3.05, 3.63) is 82.1 Å². The molecule has 1 heterocycles. The van der Waals surface area contributed by atoms with Crippen LogP contribution in [0.15, 0.2) is 65.3 Å². The van der Waals surface area contributed by atoms with Gasteiger partial charge >= 0.3 is 5.97 Å². The third-order valence-corrected chi connectivity index (χ3v) is 5.28. The SMILES string of the molecule is C[N+](C)(C)C(C(=O)O)(c1cccc2ccoc12)C(Cc1ccccc1)[N+](=O)[O-]. The number of nitrogens with zero attached hydrogens (tertiary/aromatic N) is 2. The van der Waals surface area contributed by atoms with Crippen molar-refractivity contribution in [2.45, 2.75) is 18.0 Å². The van der Waals surface area contributed by atoms with Gasteiger partial charge in [-0.1, -0.05) is 42.5 Å². The first-order valence-electron chi connectivity index (χ1n) is 8.88. The first-order chi connectivity index (χ1) is 13.2. The number of carboxylic acids is 1. The normalized spacial score (nSPS) is 15.1. The number of likely N-dealkylation sites (N-methyl/N-ethyl adjacent to an activating group) is 1. The Labute approximate surface area is 162 Å². The van der Waals surface area contributed by atoms with Crippen molar-refractivity contribution in [2.24, 2.45) is 0 Å². The highest BCUT2D eigenvalue weighted by Crippen LogP contribution is 2.41. The van der Waals surface area contributed by atoms with Crippen LogP contribution in [0, 0.1) is 10.1 Å². The number of furan rings is 1. The number of para-hydroxylation sites is 1. The fourth-order valence-corrected chi connectivity index (χ4v) is 4.04. The minimum atomic E-state index is -1.86. The van der Waals surface area contributed by atoms with Gasteiger partial charge in [0.15, 0.2) is 0 Å². The van der Waals surface area contributed by atoms with Gasteiger partial charge in [-0.2, -0.15) is 0 Å². The highest BCUT2D eigenvalue weighted by Gasteiger charge is 2.65. The van der Waals surface area contributed by atoms with Crippen LogP contribution in [0.5, 0.6) is 0 Å². The number of hydrogen-bond acceptors (Lipinski definition) is 4. The zero-order chi connectivity index (χ0) is 20.5. The summed E-state index contributed by atoms with van der Waals surface area (Å²) in [4.78, 5) is 24.6. The van der Waals surface area contributed by atoms with E-state index < -0.39 is 22.5 Å². The van der Waals surface area contributed by atoms with Crippen LogP contribution in [0.2, 0.25) is 0 Å². The Hall–Kier alpha value is -3.19. The number of carboxylic acid groups (broad SMARTS) is 1. The lowest BCUT2D eigenvalue weighted by molar-refractivity contribution is -0.936. The molecule has 0 amide bonds. The molecule has 3 rings (SSSR count). The number of aliphatic carboxylic acids is 1. The smallest absolute Gasteiger partial charge is 0.378 e. The molecule has 0 aliphatic heterocycles. The second-order valence-electron chi connectivity index (χ2n) is 7.72. The van der Waals surface area contributed by atoms with Crippen LogP contribution in [-0.4, -0.2) is 47.7 Å². The van der Waals surface area contributed by atoms with E-state index in [-0.39, 0.29) is 10.9 Å². The minimum absolute atomic E-state index is 0.0211. The predicted octanol–water partition coefficient (Wildman–Crippen LogP) is 3.31. The monoisotopic (exact) mass is 383 g/mol. The summed E-state index contributed by atoms with van der Waals surface area (Å²) in [5, 5.41) is 23.4. The van der Waals surface area contributed by atoms with Crippen LogP contribution >= 0.6 is 0 Å². The molecule has 0 aliphatic rings. The summed E-state index contributed by atoms with van der Waals surface area (Å²) in [5.74, 6) is -1.26. The molecule has 0 saturated heterocycles. The van der Waals surface area contributed by atoms with Crippen molar-refractivity contribution in [3.63, 3.8) is 0 Å². The van der Waals surface area contributed by atoms with Gasteiger partial charge in [-0.15, -0.1) is 0 Å². The van der Waals surface area contributed by atoms with Crippen molar-refractivity contribution < 1.29 is 23.7 Å². The molecule has 0 radical (unpaired) electrons. The Morgan fingerprint density at radius 3 is 2.39 bits per heavy atom. The van der Waals surface area contributed by atoms with E-state index in [0.29, 0.717) is 22.1 Å². The number of fused-ring (bicyclic) bond motifs is 1. The minimum Gasteiger partial charge on any atom is -0.476 e. The molecule has 2 atom stereocenters. The van der Waals surface area contributed by atoms with E-state index in [1.54, 1.807) is 69.7 Å².